The van der Waals surface area contributed by atoms with Crippen LogP contribution in [0.5, 0.6) is 11.5 Å². The van der Waals surface area contributed by atoms with E-state index in [9.17, 15) is 9.59 Å². The van der Waals surface area contributed by atoms with Crippen molar-refractivity contribution in [1.82, 2.24) is 19.9 Å². The van der Waals surface area contributed by atoms with Gasteiger partial charge in [0, 0.05) is 31.3 Å². The van der Waals surface area contributed by atoms with Crippen molar-refractivity contribution in [2.45, 2.75) is 32.3 Å². The lowest BCUT2D eigenvalue weighted by atomic mass is 10.0. The zero-order valence-electron chi connectivity index (χ0n) is 18.2. The van der Waals surface area contributed by atoms with Crippen LogP contribution in [0.25, 0.3) is 11.5 Å². The van der Waals surface area contributed by atoms with E-state index in [1.807, 2.05) is 31.2 Å². The molecule has 0 saturated carbocycles. The van der Waals surface area contributed by atoms with E-state index in [0.29, 0.717) is 42.7 Å². The summed E-state index contributed by atoms with van der Waals surface area (Å²) in [6, 6.07) is 14.2. The molecule has 8 heteroatoms. The molecule has 1 N–H and O–H groups in total. The molecule has 2 unspecified atom stereocenters. The van der Waals surface area contributed by atoms with Crippen LogP contribution in [0.1, 0.15) is 31.9 Å². The van der Waals surface area contributed by atoms with E-state index in [2.05, 4.69) is 15.0 Å². The van der Waals surface area contributed by atoms with Crippen molar-refractivity contribution in [2.75, 3.05) is 19.7 Å². The first kappa shape index (κ1) is 21.5. The second-order valence-electron chi connectivity index (χ2n) is 7.67. The van der Waals surface area contributed by atoms with Crippen LogP contribution in [-0.4, -0.2) is 51.6 Å². The van der Waals surface area contributed by atoms with E-state index in [1.165, 1.54) is 6.07 Å². The molecule has 166 valence electrons. The fraction of sp³-hybridized carbons (Fsp3) is 0.333. The number of hydrogen-bond acceptors (Lipinski definition) is 6. The summed E-state index contributed by atoms with van der Waals surface area (Å²) in [6.07, 6.45) is 1.77. The van der Waals surface area contributed by atoms with Crippen LogP contribution in [0.15, 0.2) is 59.5 Å². The maximum absolute atomic E-state index is 12.9. The van der Waals surface area contributed by atoms with E-state index >= 15 is 0 Å². The molecule has 1 aromatic carbocycles. The molecule has 0 bridgehead atoms. The predicted molar refractivity (Wildman–Crippen MR) is 120 cm³/mol. The Kier molecular flexibility index (Phi) is 6.49. The fourth-order valence-electron chi connectivity index (χ4n) is 3.80. The molecular formula is C24H26N4O4. The van der Waals surface area contributed by atoms with Crippen LogP contribution >= 0.6 is 0 Å². The Labute approximate surface area is 186 Å². The van der Waals surface area contributed by atoms with E-state index < -0.39 is 6.10 Å². The number of likely N-dealkylation sites (tertiary alicyclic amines) is 1. The largest absolute Gasteiger partial charge is 0.494 e. The monoisotopic (exact) mass is 434 g/mol. The van der Waals surface area contributed by atoms with Gasteiger partial charge >= 0.3 is 0 Å². The first-order valence-corrected chi connectivity index (χ1v) is 10.7. The lowest BCUT2D eigenvalue weighted by Gasteiger charge is -2.22. The third-order valence-corrected chi connectivity index (χ3v) is 5.38. The molecule has 4 rings (SSSR count). The van der Waals surface area contributed by atoms with Crippen LogP contribution in [0.3, 0.4) is 0 Å². The van der Waals surface area contributed by atoms with E-state index in [4.69, 9.17) is 9.47 Å². The minimum Gasteiger partial charge on any atom is -0.494 e. The van der Waals surface area contributed by atoms with Gasteiger partial charge in [0.1, 0.15) is 17.2 Å². The second-order valence-corrected chi connectivity index (χ2v) is 7.67. The summed E-state index contributed by atoms with van der Waals surface area (Å²) in [6.45, 7) is 5.35. The van der Waals surface area contributed by atoms with Crippen molar-refractivity contribution in [3.8, 4) is 23.0 Å². The number of nitrogens with one attached hydrogen (secondary N) is 1. The Hall–Kier alpha value is -3.68. The van der Waals surface area contributed by atoms with Crippen molar-refractivity contribution < 1.29 is 14.3 Å². The molecule has 2 atom stereocenters. The van der Waals surface area contributed by atoms with Gasteiger partial charge in [-0.15, -0.1) is 0 Å². The minimum atomic E-state index is -0.622. The topological polar surface area (TPSA) is 97.4 Å². The van der Waals surface area contributed by atoms with Crippen LogP contribution < -0.4 is 15.0 Å². The number of amides is 1. The highest BCUT2D eigenvalue weighted by atomic mass is 16.5. The van der Waals surface area contributed by atoms with Gasteiger partial charge < -0.3 is 19.4 Å². The molecule has 0 radical (unpaired) electrons. The summed E-state index contributed by atoms with van der Waals surface area (Å²) < 4.78 is 11.3. The molecule has 2 aromatic heterocycles. The van der Waals surface area contributed by atoms with Gasteiger partial charge in [-0.2, -0.15) is 0 Å². The molecule has 1 saturated heterocycles. The molecule has 0 aliphatic carbocycles. The summed E-state index contributed by atoms with van der Waals surface area (Å²) in [4.78, 5) is 38.5. The number of benzene rings is 1. The maximum atomic E-state index is 12.9. The quantitative estimate of drug-likeness (QED) is 0.614. The Bertz CT molecular complexity index is 1110. The average molecular weight is 434 g/mol. The number of aromatic nitrogens is 3. The Morgan fingerprint density at radius 2 is 2.00 bits per heavy atom. The lowest BCUT2D eigenvalue weighted by molar-refractivity contribution is -0.136. The molecule has 3 aromatic rings. The number of carbonyl (C=O) groups excluding carboxylic acids is 1. The van der Waals surface area contributed by atoms with Gasteiger partial charge in [-0.05, 0) is 56.7 Å². The van der Waals surface area contributed by atoms with Crippen molar-refractivity contribution in [3.63, 3.8) is 0 Å². The number of H-pyrrole nitrogens is 1. The number of aromatic amines is 1. The number of nitrogens with zero attached hydrogens (tertiary/aromatic N) is 3. The molecule has 32 heavy (non-hydrogen) atoms. The third-order valence-electron chi connectivity index (χ3n) is 5.38. The number of rotatable bonds is 7. The molecular weight excluding hydrogens is 408 g/mol. The SMILES string of the molecule is CCOc1ccc(OC(C)C(=O)N2CCC(c3cc(=O)[nH]c(-c4ccccn4)n3)C2)cc1. The number of pyridine rings is 1. The van der Waals surface area contributed by atoms with Crippen molar-refractivity contribution in [1.29, 1.82) is 0 Å². The summed E-state index contributed by atoms with van der Waals surface area (Å²) in [5.41, 5.74) is 1.05. The summed E-state index contributed by atoms with van der Waals surface area (Å²) in [7, 11) is 0. The van der Waals surface area contributed by atoms with Crippen molar-refractivity contribution >= 4 is 5.91 Å². The second kappa shape index (κ2) is 9.64. The Morgan fingerprint density at radius 1 is 1.22 bits per heavy atom. The predicted octanol–water partition coefficient (Wildman–Crippen LogP) is 3.01. The minimum absolute atomic E-state index is 0.0126. The lowest BCUT2D eigenvalue weighted by Crippen LogP contribution is -2.39. The summed E-state index contributed by atoms with van der Waals surface area (Å²) in [5.74, 6) is 1.71. The van der Waals surface area contributed by atoms with Crippen LogP contribution in [0.4, 0.5) is 0 Å². The number of carbonyl (C=O) groups is 1. The van der Waals surface area contributed by atoms with Gasteiger partial charge in [-0.3, -0.25) is 14.6 Å². The smallest absolute Gasteiger partial charge is 0.263 e. The number of ether oxygens (including phenoxy) is 2. The molecule has 8 nitrogen and oxygen atoms in total. The highest BCUT2D eigenvalue weighted by Gasteiger charge is 2.32. The van der Waals surface area contributed by atoms with Gasteiger partial charge in [0.2, 0.25) is 0 Å². The van der Waals surface area contributed by atoms with E-state index in [0.717, 1.165) is 12.2 Å². The van der Waals surface area contributed by atoms with Gasteiger partial charge in [0.05, 0.1) is 12.3 Å². The van der Waals surface area contributed by atoms with Crippen LogP contribution in [-0.2, 0) is 4.79 Å². The maximum Gasteiger partial charge on any atom is 0.263 e. The van der Waals surface area contributed by atoms with E-state index in [-0.39, 0.29) is 17.4 Å². The first-order valence-electron chi connectivity index (χ1n) is 10.7. The number of hydrogen-bond donors (Lipinski definition) is 1. The zero-order chi connectivity index (χ0) is 22.5. The summed E-state index contributed by atoms with van der Waals surface area (Å²) >= 11 is 0. The molecule has 1 aliphatic heterocycles. The van der Waals surface area contributed by atoms with Gasteiger partial charge in [0.15, 0.2) is 11.9 Å². The van der Waals surface area contributed by atoms with Crippen molar-refractivity contribution in [2.24, 2.45) is 0 Å². The first-order chi connectivity index (χ1) is 15.5. The Morgan fingerprint density at radius 3 is 2.72 bits per heavy atom. The van der Waals surface area contributed by atoms with Crippen LogP contribution in [0.2, 0.25) is 0 Å². The molecule has 0 spiro atoms. The Balaban J connectivity index is 1.41. The zero-order valence-corrected chi connectivity index (χ0v) is 18.2. The third kappa shape index (κ3) is 4.96. The van der Waals surface area contributed by atoms with Crippen molar-refractivity contribution in [3.05, 3.63) is 70.8 Å². The molecule has 1 amide bonds. The van der Waals surface area contributed by atoms with Gasteiger partial charge in [-0.25, -0.2) is 4.98 Å². The standard InChI is InChI=1S/C24H26N4O4/c1-3-31-18-7-9-19(10-8-18)32-16(2)24(30)28-13-11-17(15-28)21-14-22(29)27-23(26-21)20-6-4-5-12-25-20/h4-10,12,14,16-17H,3,11,13,15H2,1-2H3,(H,26,27,29). The highest BCUT2D eigenvalue weighted by molar-refractivity contribution is 5.81. The van der Waals surface area contributed by atoms with Gasteiger partial charge in [0.25, 0.3) is 11.5 Å². The molecule has 1 aliphatic rings. The molecule has 3 heterocycles. The average Bonchev–Trinajstić information content (AvgIpc) is 3.30. The summed E-state index contributed by atoms with van der Waals surface area (Å²) in [5, 5.41) is 0. The van der Waals surface area contributed by atoms with Gasteiger partial charge in [-0.1, -0.05) is 6.07 Å². The van der Waals surface area contributed by atoms with E-state index in [1.54, 1.807) is 36.2 Å². The highest BCUT2D eigenvalue weighted by Crippen LogP contribution is 2.27. The van der Waals surface area contributed by atoms with Crippen LogP contribution in [0, 0.1) is 0 Å². The molecule has 1 fully saturated rings. The normalized spacial score (nSPS) is 16.6. The fourth-order valence-corrected chi connectivity index (χ4v) is 3.80.